The number of nitrogens with two attached hydrogens (primary N) is 1. The summed E-state index contributed by atoms with van der Waals surface area (Å²) in [5.41, 5.74) is 11.2. The third kappa shape index (κ3) is 2.72. The first-order valence-electron chi connectivity index (χ1n) is 7.72. The van der Waals surface area contributed by atoms with Crippen LogP contribution in [0.5, 0.6) is 0 Å². The predicted octanol–water partition coefficient (Wildman–Crippen LogP) is 3.48. The first-order valence-corrected chi connectivity index (χ1v) is 8.54. The van der Waals surface area contributed by atoms with Crippen LogP contribution >= 0.6 is 11.3 Å². The zero-order chi connectivity index (χ0) is 14.9. The van der Waals surface area contributed by atoms with Gasteiger partial charge in [-0.1, -0.05) is 41.7 Å². The molecule has 0 aliphatic carbocycles. The quantitative estimate of drug-likeness (QED) is 0.788. The molecule has 0 spiro atoms. The third-order valence-corrected chi connectivity index (χ3v) is 5.22. The first-order chi connectivity index (χ1) is 10.8. The summed E-state index contributed by atoms with van der Waals surface area (Å²) in [5.74, 6) is 0. The molecule has 2 heterocycles. The van der Waals surface area contributed by atoms with E-state index in [0.717, 1.165) is 38.0 Å². The fourth-order valence-electron chi connectivity index (χ4n) is 3.21. The van der Waals surface area contributed by atoms with Gasteiger partial charge < -0.3 is 5.73 Å². The Labute approximate surface area is 134 Å². The van der Waals surface area contributed by atoms with Crippen LogP contribution in [-0.4, -0.2) is 23.0 Å². The molecule has 22 heavy (non-hydrogen) atoms. The minimum Gasteiger partial charge on any atom is -0.375 e. The lowest BCUT2D eigenvalue weighted by Gasteiger charge is -2.19. The van der Waals surface area contributed by atoms with E-state index in [-0.39, 0.29) is 0 Å². The minimum absolute atomic E-state index is 0.667. The number of hydrogen-bond acceptors (Lipinski definition) is 4. The van der Waals surface area contributed by atoms with Crippen LogP contribution in [0.15, 0.2) is 42.5 Å². The molecule has 2 N–H and O–H groups in total. The summed E-state index contributed by atoms with van der Waals surface area (Å²) in [7, 11) is 0. The maximum absolute atomic E-state index is 5.83. The van der Waals surface area contributed by atoms with E-state index in [9.17, 15) is 0 Å². The standard InChI is InChI=1S/C18H19N3S/c19-18-20-16-10-14-6-8-21(12-13-4-2-1-3-5-13)9-7-15(14)11-17(16)22-18/h1-5,10-11H,6-9,12H2,(H2,19,20). The van der Waals surface area contributed by atoms with Crippen LogP contribution in [0.2, 0.25) is 0 Å². The maximum Gasteiger partial charge on any atom is 0.181 e. The molecule has 3 aromatic rings. The zero-order valence-electron chi connectivity index (χ0n) is 12.5. The second-order valence-corrected chi connectivity index (χ2v) is 6.96. The summed E-state index contributed by atoms with van der Waals surface area (Å²) < 4.78 is 1.22. The van der Waals surface area contributed by atoms with Gasteiger partial charge in [0.15, 0.2) is 5.13 Å². The number of nitrogens with zero attached hydrogens (tertiary/aromatic N) is 2. The van der Waals surface area contributed by atoms with Gasteiger partial charge in [0.25, 0.3) is 0 Å². The van der Waals surface area contributed by atoms with Gasteiger partial charge in [-0.25, -0.2) is 4.98 Å². The van der Waals surface area contributed by atoms with Gasteiger partial charge in [0.2, 0.25) is 0 Å². The molecule has 4 heteroatoms. The van der Waals surface area contributed by atoms with Crippen LogP contribution in [-0.2, 0) is 19.4 Å². The second-order valence-electron chi connectivity index (χ2n) is 5.90. The van der Waals surface area contributed by atoms with Crippen LogP contribution in [0.25, 0.3) is 10.2 Å². The normalized spacial score (nSPS) is 15.6. The molecular weight excluding hydrogens is 290 g/mol. The van der Waals surface area contributed by atoms with E-state index in [1.807, 2.05) is 0 Å². The Balaban J connectivity index is 1.55. The van der Waals surface area contributed by atoms with E-state index in [1.54, 1.807) is 11.3 Å². The van der Waals surface area contributed by atoms with Crippen molar-refractivity contribution < 1.29 is 0 Å². The number of rotatable bonds is 2. The Hall–Kier alpha value is -1.91. The van der Waals surface area contributed by atoms with Crippen molar-refractivity contribution in [1.82, 2.24) is 9.88 Å². The van der Waals surface area contributed by atoms with Crippen molar-refractivity contribution in [3.8, 4) is 0 Å². The number of benzene rings is 2. The van der Waals surface area contributed by atoms with Gasteiger partial charge >= 0.3 is 0 Å². The minimum atomic E-state index is 0.667. The smallest absolute Gasteiger partial charge is 0.181 e. The highest BCUT2D eigenvalue weighted by Crippen LogP contribution is 2.29. The van der Waals surface area contributed by atoms with E-state index in [1.165, 1.54) is 21.4 Å². The Bertz CT molecular complexity index is 750. The topological polar surface area (TPSA) is 42.1 Å². The van der Waals surface area contributed by atoms with E-state index < -0.39 is 0 Å². The molecule has 0 unspecified atom stereocenters. The Morgan fingerprint density at radius 1 is 1.05 bits per heavy atom. The Kier molecular flexibility index (Phi) is 3.56. The molecule has 0 saturated heterocycles. The second kappa shape index (κ2) is 5.71. The molecule has 0 saturated carbocycles. The maximum atomic E-state index is 5.83. The Morgan fingerprint density at radius 3 is 2.55 bits per heavy atom. The van der Waals surface area contributed by atoms with Crippen molar-refractivity contribution in [1.29, 1.82) is 0 Å². The molecule has 1 aromatic heterocycles. The summed E-state index contributed by atoms with van der Waals surface area (Å²) in [5, 5.41) is 0.667. The first kappa shape index (κ1) is 13.7. The summed E-state index contributed by atoms with van der Waals surface area (Å²) >= 11 is 1.59. The van der Waals surface area contributed by atoms with E-state index >= 15 is 0 Å². The van der Waals surface area contributed by atoms with Gasteiger partial charge in [-0.15, -0.1) is 0 Å². The van der Waals surface area contributed by atoms with Crippen LogP contribution in [0.1, 0.15) is 16.7 Å². The number of aromatic nitrogens is 1. The van der Waals surface area contributed by atoms with Gasteiger partial charge in [-0.2, -0.15) is 0 Å². The summed E-state index contributed by atoms with van der Waals surface area (Å²) in [4.78, 5) is 6.97. The van der Waals surface area contributed by atoms with Crippen molar-refractivity contribution >= 4 is 26.7 Å². The number of thiazole rings is 1. The summed E-state index contributed by atoms with van der Waals surface area (Å²) in [6.45, 7) is 3.25. The lowest BCUT2D eigenvalue weighted by atomic mass is 10.0. The SMILES string of the molecule is Nc1nc2cc3c(cc2s1)CCN(Cc1ccccc1)CC3. The van der Waals surface area contributed by atoms with Crippen molar-refractivity contribution in [3.63, 3.8) is 0 Å². The highest BCUT2D eigenvalue weighted by molar-refractivity contribution is 7.22. The monoisotopic (exact) mass is 309 g/mol. The van der Waals surface area contributed by atoms with E-state index in [4.69, 9.17) is 5.73 Å². The number of nitrogen functional groups attached to an aromatic ring is 1. The molecular formula is C18H19N3S. The van der Waals surface area contributed by atoms with Gasteiger partial charge in [-0.05, 0) is 41.7 Å². The molecule has 4 rings (SSSR count). The molecule has 2 aromatic carbocycles. The lowest BCUT2D eigenvalue weighted by Crippen LogP contribution is -2.25. The highest BCUT2D eigenvalue weighted by Gasteiger charge is 2.16. The number of fused-ring (bicyclic) bond motifs is 2. The fraction of sp³-hybridized carbons (Fsp3) is 0.278. The third-order valence-electron chi connectivity index (χ3n) is 4.37. The van der Waals surface area contributed by atoms with E-state index in [0.29, 0.717) is 5.13 Å². The zero-order valence-corrected chi connectivity index (χ0v) is 13.3. The van der Waals surface area contributed by atoms with Gasteiger partial charge in [0.1, 0.15) is 0 Å². The average molecular weight is 309 g/mol. The number of hydrogen-bond donors (Lipinski definition) is 1. The molecule has 0 amide bonds. The Morgan fingerprint density at radius 2 is 1.77 bits per heavy atom. The van der Waals surface area contributed by atoms with Gasteiger partial charge in [0, 0.05) is 19.6 Å². The molecule has 0 fully saturated rings. The molecule has 0 bridgehead atoms. The number of anilines is 1. The average Bonchev–Trinajstić information content (AvgIpc) is 2.78. The van der Waals surface area contributed by atoms with Crippen LogP contribution < -0.4 is 5.73 Å². The predicted molar refractivity (Wildman–Crippen MR) is 93.2 cm³/mol. The van der Waals surface area contributed by atoms with Crippen molar-refractivity contribution in [2.24, 2.45) is 0 Å². The lowest BCUT2D eigenvalue weighted by molar-refractivity contribution is 0.279. The van der Waals surface area contributed by atoms with Crippen LogP contribution in [0.3, 0.4) is 0 Å². The van der Waals surface area contributed by atoms with Crippen molar-refractivity contribution in [2.45, 2.75) is 19.4 Å². The highest BCUT2D eigenvalue weighted by atomic mass is 32.1. The van der Waals surface area contributed by atoms with Crippen LogP contribution in [0, 0.1) is 0 Å². The molecule has 0 radical (unpaired) electrons. The fourth-order valence-corrected chi connectivity index (χ4v) is 3.99. The van der Waals surface area contributed by atoms with Crippen LogP contribution in [0.4, 0.5) is 5.13 Å². The summed E-state index contributed by atoms with van der Waals surface area (Å²) in [6.07, 6.45) is 2.20. The molecule has 1 aliphatic heterocycles. The summed E-state index contributed by atoms with van der Waals surface area (Å²) in [6, 6.07) is 15.3. The molecule has 3 nitrogen and oxygen atoms in total. The molecule has 1 aliphatic rings. The van der Waals surface area contributed by atoms with Crippen molar-refractivity contribution in [2.75, 3.05) is 18.8 Å². The van der Waals surface area contributed by atoms with E-state index in [2.05, 4.69) is 52.3 Å². The van der Waals surface area contributed by atoms with Crippen molar-refractivity contribution in [3.05, 3.63) is 59.2 Å². The van der Waals surface area contributed by atoms with Gasteiger partial charge in [0.05, 0.1) is 10.2 Å². The largest absolute Gasteiger partial charge is 0.375 e. The molecule has 112 valence electrons. The molecule has 0 atom stereocenters. The van der Waals surface area contributed by atoms with Gasteiger partial charge in [-0.3, -0.25) is 4.90 Å².